The molecular formula is C14H18N2O3S. The third-order valence-corrected chi connectivity index (χ3v) is 4.21. The van der Waals surface area contributed by atoms with E-state index >= 15 is 0 Å². The molecule has 20 heavy (non-hydrogen) atoms. The summed E-state index contributed by atoms with van der Waals surface area (Å²) in [5, 5.41) is 2.29. The van der Waals surface area contributed by atoms with E-state index < -0.39 is 5.37 Å². The Bertz CT molecular complexity index is 513. The predicted molar refractivity (Wildman–Crippen MR) is 79.9 cm³/mol. The number of carbonyl (C=O) groups excluding carboxylic acids is 2. The van der Waals surface area contributed by atoms with E-state index in [-0.39, 0.29) is 12.0 Å². The van der Waals surface area contributed by atoms with E-state index in [1.54, 1.807) is 0 Å². The van der Waals surface area contributed by atoms with Crippen molar-refractivity contribution in [1.82, 2.24) is 4.90 Å². The molecule has 6 heteroatoms. The van der Waals surface area contributed by atoms with Crippen LogP contribution in [-0.4, -0.2) is 41.7 Å². The van der Waals surface area contributed by atoms with Gasteiger partial charge in [0, 0.05) is 18.0 Å². The minimum atomic E-state index is -0.550. The van der Waals surface area contributed by atoms with E-state index in [1.807, 2.05) is 32.0 Å². The van der Waals surface area contributed by atoms with Crippen molar-refractivity contribution in [3.05, 3.63) is 29.3 Å². The van der Waals surface area contributed by atoms with Gasteiger partial charge in [-0.1, -0.05) is 6.07 Å². The number of aryl methyl sites for hydroxylation is 2. The van der Waals surface area contributed by atoms with Gasteiger partial charge in [0.25, 0.3) is 0 Å². The largest absolute Gasteiger partial charge is 0.467 e. The van der Waals surface area contributed by atoms with Crippen LogP contribution in [0.4, 0.5) is 10.5 Å². The maximum atomic E-state index is 12.3. The van der Waals surface area contributed by atoms with Gasteiger partial charge in [-0.25, -0.2) is 9.59 Å². The van der Waals surface area contributed by atoms with Gasteiger partial charge in [-0.2, -0.15) is 0 Å². The van der Waals surface area contributed by atoms with Crippen LogP contribution in [0.2, 0.25) is 0 Å². The van der Waals surface area contributed by atoms with Gasteiger partial charge in [-0.05, 0) is 37.1 Å². The van der Waals surface area contributed by atoms with Crippen LogP contribution < -0.4 is 5.32 Å². The molecule has 1 N–H and O–H groups in total. The van der Waals surface area contributed by atoms with E-state index in [2.05, 4.69) is 5.32 Å². The van der Waals surface area contributed by atoms with Gasteiger partial charge < -0.3 is 15.0 Å². The molecule has 1 unspecified atom stereocenters. The second-order valence-corrected chi connectivity index (χ2v) is 5.93. The summed E-state index contributed by atoms with van der Waals surface area (Å²) in [6.45, 7) is 4.50. The van der Waals surface area contributed by atoms with Crippen molar-refractivity contribution in [3.8, 4) is 0 Å². The van der Waals surface area contributed by atoms with E-state index in [1.165, 1.54) is 23.8 Å². The molecule has 1 aromatic rings. The summed E-state index contributed by atoms with van der Waals surface area (Å²) in [5.41, 5.74) is 2.91. The zero-order valence-electron chi connectivity index (χ0n) is 11.8. The number of urea groups is 1. The summed E-state index contributed by atoms with van der Waals surface area (Å²) in [6.07, 6.45) is 0. The standard InChI is InChI=1S/C14H18N2O3S/c1-9-6-10(2)8-11(7-9)15-14(18)16-4-5-20-12(16)13(17)19-3/h6-8,12H,4-5H2,1-3H3,(H,15,18). The Morgan fingerprint density at radius 3 is 2.55 bits per heavy atom. The highest BCUT2D eigenvalue weighted by Crippen LogP contribution is 2.25. The molecule has 0 spiro atoms. The SMILES string of the molecule is COC(=O)C1SCCN1C(=O)Nc1cc(C)cc(C)c1. The number of methoxy groups -OCH3 is 1. The Kier molecular flexibility index (Phi) is 4.54. The summed E-state index contributed by atoms with van der Waals surface area (Å²) in [6, 6.07) is 5.58. The summed E-state index contributed by atoms with van der Waals surface area (Å²) in [5.74, 6) is 0.350. The van der Waals surface area contributed by atoms with E-state index in [4.69, 9.17) is 4.74 Å². The topological polar surface area (TPSA) is 58.6 Å². The number of ether oxygens (including phenoxy) is 1. The number of benzene rings is 1. The number of nitrogens with zero attached hydrogens (tertiary/aromatic N) is 1. The Labute approximate surface area is 122 Å². The highest BCUT2D eigenvalue weighted by atomic mass is 32.2. The number of esters is 1. The smallest absolute Gasteiger partial charge is 0.339 e. The van der Waals surface area contributed by atoms with Crippen LogP contribution in [0.1, 0.15) is 11.1 Å². The number of nitrogens with one attached hydrogen (secondary N) is 1. The molecule has 2 amide bonds. The van der Waals surface area contributed by atoms with Gasteiger partial charge in [0.05, 0.1) is 7.11 Å². The molecule has 1 aliphatic rings. The van der Waals surface area contributed by atoms with Crippen molar-refractivity contribution in [2.45, 2.75) is 19.2 Å². The molecule has 108 valence electrons. The van der Waals surface area contributed by atoms with Crippen LogP contribution in [0, 0.1) is 13.8 Å². The van der Waals surface area contributed by atoms with Crippen molar-refractivity contribution < 1.29 is 14.3 Å². The molecule has 1 heterocycles. The minimum absolute atomic E-state index is 0.268. The van der Waals surface area contributed by atoms with Crippen LogP contribution in [0.3, 0.4) is 0 Å². The highest BCUT2D eigenvalue weighted by molar-refractivity contribution is 8.00. The summed E-state index contributed by atoms with van der Waals surface area (Å²) < 4.78 is 4.72. The number of anilines is 1. The second kappa shape index (κ2) is 6.17. The first-order valence-electron chi connectivity index (χ1n) is 6.36. The fourth-order valence-electron chi connectivity index (χ4n) is 2.22. The number of thioether (sulfide) groups is 1. The van der Waals surface area contributed by atoms with Crippen LogP contribution >= 0.6 is 11.8 Å². The third kappa shape index (κ3) is 3.25. The Morgan fingerprint density at radius 1 is 1.30 bits per heavy atom. The van der Waals surface area contributed by atoms with E-state index in [0.717, 1.165) is 22.6 Å². The summed E-state index contributed by atoms with van der Waals surface area (Å²) in [7, 11) is 1.33. The third-order valence-electron chi connectivity index (χ3n) is 3.03. The zero-order valence-corrected chi connectivity index (χ0v) is 12.6. The second-order valence-electron chi connectivity index (χ2n) is 4.75. The van der Waals surface area contributed by atoms with Crippen LogP contribution in [0.5, 0.6) is 0 Å². The summed E-state index contributed by atoms with van der Waals surface area (Å²) in [4.78, 5) is 25.4. The normalized spacial score (nSPS) is 17.9. The van der Waals surface area contributed by atoms with Crippen molar-refractivity contribution >= 4 is 29.4 Å². The first kappa shape index (κ1) is 14.7. The average molecular weight is 294 g/mol. The first-order chi connectivity index (χ1) is 9.51. The minimum Gasteiger partial charge on any atom is -0.467 e. The molecule has 1 aliphatic heterocycles. The van der Waals surface area contributed by atoms with Crippen LogP contribution in [0.15, 0.2) is 18.2 Å². The maximum absolute atomic E-state index is 12.3. The van der Waals surface area contributed by atoms with Crippen LogP contribution in [-0.2, 0) is 9.53 Å². The lowest BCUT2D eigenvalue weighted by molar-refractivity contribution is -0.142. The van der Waals surface area contributed by atoms with Gasteiger partial charge >= 0.3 is 12.0 Å². The number of amides is 2. The van der Waals surface area contributed by atoms with Gasteiger partial charge in [0.1, 0.15) is 0 Å². The Morgan fingerprint density at radius 2 is 1.95 bits per heavy atom. The number of hydrogen-bond acceptors (Lipinski definition) is 4. The van der Waals surface area contributed by atoms with Gasteiger partial charge in [-0.15, -0.1) is 11.8 Å². The molecule has 1 saturated heterocycles. The fourth-order valence-corrected chi connectivity index (χ4v) is 3.35. The number of hydrogen-bond donors (Lipinski definition) is 1. The molecule has 1 aromatic carbocycles. The quantitative estimate of drug-likeness (QED) is 0.851. The maximum Gasteiger partial charge on any atom is 0.339 e. The zero-order chi connectivity index (χ0) is 14.7. The average Bonchev–Trinajstić information content (AvgIpc) is 2.85. The van der Waals surface area contributed by atoms with Gasteiger partial charge in [0.2, 0.25) is 0 Å². The van der Waals surface area contributed by atoms with Crippen molar-refractivity contribution in [3.63, 3.8) is 0 Å². The molecule has 0 aromatic heterocycles. The summed E-state index contributed by atoms with van der Waals surface area (Å²) >= 11 is 1.42. The van der Waals surface area contributed by atoms with E-state index in [9.17, 15) is 9.59 Å². The van der Waals surface area contributed by atoms with Gasteiger partial charge in [-0.3, -0.25) is 0 Å². The molecule has 5 nitrogen and oxygen atoms in total. The molecule has 0 saturated carbocycles. The predicted octanol–water partition coefficient (Wildman–Crippen LogP) is 2.38. The Hall–Kier alpha value is -1.69. The lowest BCUT2D eigenvalue weighted by atomic mass is 10.1. The fraction of sp³-hybridized carbons (Fsp3) is 0.429. The van der Waals surface area contributed by atoms with Gasteiger partial charge in [0.15, 0.2) is 5.37 Å². The van der Waals surface area contributed by atoms with Crippen molar-refractivity contribution in [2.24, 2.45) is 0 Å². The monoisotopic (exact) mass is 294 g/mol. The molecule has 1 fully saturated rings. The van der Waals surface area contributed by atoms with Crippen molar-refractivity contribution in [2.75, 3.05) is 24.7 Å². The number of carbonyl (C=O) groups is 2. The lowest BCUT2D eigenvalue weighted by Crippen LogP contribution is -2.42. The molecule has 0 radical (unpaired) electrons. The number of rotatable bonds is 2. The molecule has 0 bridgehead atoms. The molecule has 0 aliphatic carbocycles. The molecule has 2 rings (SSSR count). The first-order valence-corrected chi connectivity index (χ1v) is 7.41. The molecule has 1 atom stereocenters. The van der Waals surface area contributed by atoms with E-state index in [0.29, 0.717) is 6.54 Å². The Balaban J connectivity index is 2.09. The van der Waals surface area contributed by atoms with Crippen LogP contribution in [0.25, 0.3) is 0 Å². The lowest BCUT2D eigenvalue weighted by Gasteiger charge is -2.22. The van der Waals surface area contributed by atoms with Crippen molar-refractivity contribution in [1.29, 1.82) is 0 Å². The molecular weight excluding hydrogens is 276 g/mol. The highest BCUT2D eigenvalue weighted by Gasteiger charge is 2.35.